The summed E-state index contributed by atoms with van der Waals surface area (Å²) in [6, 6.07) is 4.47. The van der Waals surface area contributed by atoms with Crippen molar-refractivity contribution in [2.24, 2.45) is 0 Å². The van der Waals surface area contributed by atoms with Crippen LogP contribution in [0, 0.1) is 5.82 Å². The maximum absolute atomic E-state index is 13.2. The van der Waals surface area contributed by atoms with Crippen LogP contribution >= 0.6 is 11.3 Å². The molecule has 1 atom stereocenters. The SMILES string of the molecule is COC[C@@H](CC(=O)O)NS(=O)(=O)c1cc2cc(F)ccc2s1. The van der Waals surface area contributed by atoms with Crippen molar-refractivity contribution in [1.29, 1.82) is 0 Å². The van der Waals surface area contributed by atoms with Crippen LogP contribution in [-0.2, 0) is 19.6 Å². The van der Waals surface area contributed by atoms with Gasteiger partial charge in [0, 0.05) is 11.8 Å². The molecular formula is C13H14FNO5S2. The van der Waals surface area contributed by atoms with Crippen molar-refractivity contribution >= 4 is 37.4 Å². The quantitative estimate of drug-likeness (QED) is 0.797. The molecule has 0 saturated carbocycles. The predicted molar refractivity (Wildman–Crippen MR) is 80.0 cm³/mol. The maximum atomic E-state index is 13.2. The number of ether oxygens (including phenoxy) is 1. The lowest BCUT2D eigenvalue weighted by Gasteiger charge is -2.15. The van der Waals surface area contributed by atoms with Crippen LogP contribution in [0.4, 0.5) is 4.39 Å². The van der Waals surface area contributed by atoms with Crippen molar-refractivity contribution in [2.75, 3.05) is 13.7 Å². The van der Waals surface area contributed by atoms with Crippen molar-refractivity contribution in [3.05, 3.63) is 30.1 Å². The molecule has 6 nitrogen and oxygen atoms in total. The molecule has 1 aromatic carbocycles. The highest BCUT2D eigenvalue weighted by Crippen LogP contribution is 2.29. The molecule has 22 heavy (non-hydrogen) atoms. The summed E-state index contributed by atoms with van der Waals surface area (Å²) in [5, 5.41) is 9.27. The number of rotatable bonds is 7. The maximum Gasteiger partial charge on any atom is 0.305 e. The van der Waals surface area contributed by atoms with Gasteiger partial charge in [-0.2, -0.15) is 0 Å². The lowest BCUT2D eigenvalue weighted by Crippen LogP contribution is -2.39. The lowest BCUT2D eigenvalue weighted by atomic mass is 10.2. The zero-order valence-electron chi connectivity index (χ0n) is 11.6. The average Bonchev–Trinajstić information content (AvgIpc) is 2.81. The Balaban J connectivity index is 2.28. The second kappa shape index (κ2) is 6.69. The van der Waals surface area contributed by atoms with Crippen LogP contribution in [0.25, 0.3) is 10.1 Å². The highest BCUT2D eigenvalue weighted by atomic mass is 32.2. The van der Waals surface area contributed by atoms with E-state index in [1.165, 1.54) is 31.4 Å². The van der Waals surface area contributed by atoms with E-state index >= 15 is 0 Å². The van der Waals surface area contributed by atoms with Gasteiger partial charge in [0.25, 0.3) is 0 Å². The lowest BCUT2D eigenvalue weighted by molar-refractivity contribution is -0.137. The molecule has 0 bridgehead atoms. The van der Waals surface area contributed by atoms with Crippen molar-refractivity contribution in [3.8, 4) is 0 Å². The van der Waals surface area contributed by atoms with E-state index in [0.29, 0.717) is 10.1 Å². The molecule has 0 amide bonds. The molecule has 0 spiro atoms. The number of carbonyl (C=O) groups is 1. The second-order valence-corrected chi connectivity index (χ2v) is 7.64. The van der Waals surface area contributed by atoms with E-state index in [1.807, 2.05) is 0 Å². The van der Waals surface area contributed by atoms with E-state index < -0.39 is 34.3 Å². The van der Waals surface area contributed by atoms with Crippen molar-refractivity contribution in [1.82, 2.24) is 4.72 Å². The summed E-state index contributed by atoms with van der Waals surface area (Å²) in [6.07, 6.45) is -0.396. The molecule has 0 aliphatic carbocycles. The minimum Gasteiger partial charge on any atom is -0.481 e. The monoisotopic (exact) mass is 347 g/mol. The van der Waals surface area contributed by atoms with E-state index in [4.69, 9.17) is 9.84 Å². The minimum absolute atomic E-state index is 0.000378. The summed E-state index contributed by atoms with van der Waals surface area (Å²) in [5.74, 6) is -1.59. The molecule has 120 valence electrons. The molecule has 0 aliphatic heterocycles. The molecule has 0 aliphatic rings. The fraction of sp³-hybridized carbons (Fsp3) is 0.308. The highest BCUT2D eigenvalue weighted by molar-refractivity contribution is 7.91. The number of hydrogen-bond donors (Lipinski definition) is 2. The number of nitrogens with one attached hydrogen (secondary N) is 1. The summed E-state index contributed by atoms with van der Waals surface area (Å²) in [5.41, 5.74) is 0. The first-order chi connectivity index (χ1) is 10.3. The van der Waals surface area contributed by atoms with Crippen LogP contribution < -0.4 is 4.72 Å². The Morgan fingerprint density at radius 2 is 2.18 bits per heavy atom. The zero-order valence-corrected chi connectivity index (χ0v) is 13.2. The van der Waals surface area contributed by atoms with E-state index in [1.54, 1.807) is 0 Å². The smallest absolute Gasteiger partial charge is 0.305 e. The van der Waals surface area contributed by atoms with E-state index in [2.05, 4.69) is 4.72 Å². The van der Waals surface area contributed by atoms with Gasteiger partial charge in [-0.1, -0.05) is 0 Å². The topological polar surface area (TPSA) is 92.7 Å². The van der Waals surface area contributed by atoms with E-state index in [0.717, 1.165) is 11.3 Å². The number of hydrogen-bond acceptors (Lipinski definition) is 5. The number of carboxylic acids is 1. The summed E-state index contributed by atoms with van der Waals surface area (Å²) >= 11 is 0.987. The fourth-order valence-corrected chi connectivity index (χ4v) is 4.56. The van der Waals surface area contributed by atoms with Gasteiger partial charge in [0.1, 0.15) is 10.0 Å². The number of thiophene rings is 1. The third kappa shape index (κ3) is 4.01. The highest BCUT2D eigenvalue weighted by Gasteiger charge is 2.24. The molecule has 0 saturated heterocycles. The Hall–Kier alpha value is -1.55. The number of fused-ring (bicyclic) bond motifs is 1. The number of aliphatic carboxylic acids is 1. The van der Waals surface area contributed by atoms with Crippen molar-refractivity contribution in [2.45, 2.75) is 16.7 Å². The largest absolute Gasteiger partial charge is 0.481 e. The van der Waals surface area contributed by atoms with E-state index in [-0.39, 0.29) is 10.8 Å². The van der Waals surface area contributed by atoms with Crippen LogP contribution in [0.1, 0.15) is 6.42 Å². The standard InChI is InChI=1S/C13H14FNO5S2/c1-20-7-10(6-12(16)17)15-22(18,19)13-5-8-4-9(14)2-3-11(8)21-13/h2-5,10,15H,6-7H2,1H3,(H,16,17)/t10-/m1/s1. The number of halogens is 1. The molecule has 0 fully saturated rings. The first-order valence-electron chi connectivity index (χ1n) is 6.24. The van der Waals surface area contributed by atoms with Crippen LogP contribution in [0.3, 0.4) is 0 Å². The van der Waals surface area contributed by atoms with Gasteiger partial charge in [-0.25, -0.2) is 17.5 Å². The molecular weight excluding hydrogens is 333 g/mol. The Bertz CT molecular complexity index is 787. The Morgan fingerprint density at radius 3 is 2.82 bits per heavy atom. The van der Waals surface area contributed by atoms with Crippen LogP contribution in [0.2, 0.25) is 0 Å². The molecule has 2 rings (SSSR count). The van der Waals surface area contributed by atoms with Gasteiger partial charge < -0.3 is 9.84 Å². The van der Waals surface area contributed by atoms with E-state index in [9.17, 15) is 17.6 Å². The van der Waals surface area contributed by atoms with Gasteiger partial charge in [-0.15, -0.1) is 11.3 Å². The van der Waals surface area contributed by atoms with Gasteiger partial charge in [-0.3, -0.25) is 4.79 Å². The van der Waals surface area contributed by atoms with Crippen molar-refractivity contribution in [3.63, 3.8) is 0 Å². The number of methoxy groups -OCH3 is 1. The Kier molecular flexibility index (Phi) is 5.12. The molecule has 1 aromatic heterocycles. The van der Waals surface area contributed by atoms with Gasteiger partial charge >= 0.3 is 5.97 Å². The average molecular weight is 347 g/mol. The predicted octanol–water partition coefficient (Wildman–Crippen LogP) is 1.81. The summed E-state index contributed by atoms with van der Waals surface area (Å²) in [7, 11) is -2.55. The van der Waals surface area contributed by atoms with Gasteiger partial charge in [0.2, 0.25) is 10.0 Å². The third-order valence-electron chi connectivity index (χ3n) is 2.83. The van der Waals surface area contributed by atoms with Gasteiger partial charge in [0.15, 0.2) is 0 Å². The number of benzene rings is 1. The first kappa shape index (κ1) is 16.8. The molecule has 2 aromatic rings. The van der Waals surface area contributed by atoms with Gasteiger partial charge in [-0.05, 0) is 29.7 Å². The summed E-state index contributed by atoms with van der Waals surface area (Å²) in [4.78, 5) is 10.8. The number of carboxylic acid groups (broad SMARTS) is 1. The van der Waals surface area contributed by atoms with Crippen molar-refractivity contribution < 1.29 is 27.4 Å². The zero-order chi connectivity index (χ0) is 16.3. The molecule has 1 heterocycles. The van der Waals surface area contributed by atoms with Crippen LogP contribution in [0.5, 0.6) is 0 Å². The second-order valence-electron chi connectivity index (χ2n) is 4.62. The summed E-state index contributed by atoms with van der Waals surface area (Å²) in [6.45, 7) is -0.0644. The van der Waals surface area contributed by atoms with Gasteiger partial charge in [0.05, 0.1) is 19.1 Å². The third-order valence-corrected chi connectivity index (χ3v) is 5.94. The normalized spacial score (nSPS) is 13.4. The Labute approximate surface area is 130 Å². The van der Waals surface area contributed by atoms with Crippen LogP contribution in [0.15, 0.2) is 28.5 Å². The molecule has 0 unspecified atom stereocenters. The first-order valence-corrected chi connectivity index (χ1v) is 8.54. The van der Waals surface area contributed by atoms with Crippen LogP contribution in [-0.4, -0.2) is 39.3 Å². The fourth-order valence-electron chi connectivity index (χ4n) is 1.95. The minimum atomic E-state index is -3.90. The molecule has 2 N–H and O–H groups in total. The molecule has 9 heteroatoms. The number of sulfonamides is 1. The Morgan fingerprint density at radius 1 is 1.45 bits per heavy atom. The molecule has 0 radical (unpaired) electrons. The summed E-state index contributed by atoms with van der Waals surface area (Å²) < 4.78 is 45.5.